The number of carbonyl (C=O) groups excluding carboxylic acids is 1. The fourth-order valence-electron chi connectivity index (χ4n) is 3.01. The number of thioether (sulfide) groups is 1. The van der Waals surface area contributed by atoms with Gasteiger partial charge in [0.15, 0.2) is 10.0 Å². The number of likely N-dealkylation sites (tertiary alicyclic amines) is 1. The summed E-state index contributed by atoms with van der Waals surface area (Å²) in [5.41, 5.74) is -0.363. The fraction of sp³-hybridized carbons (Fsp3) is 0.389. The highest BCUT2D eigenvalue weighted by Gasteiger charge is 2.32. The lowest BCUT2D eigenvalue weighted by Crippen LogP contribution is -2.39. The summed E-state index contributed by atoms with van der Waals surface area (Å²) in [6, 6.07) is 4.87. The number of aromatic nitrogens is 1. The molecule has 2 aromatic rings. The van der Waals surface area contributed by atoms with E-state index >= 15 is 0 Å². The molecule has 0 unspecified atom stereocenters. The molecule has 1 aliphatic heterocycles. The number of halogens is 3. The van der Waals surface area contributed by atoms with Crippen molar-refractivity contribution in [3.8, 4) is 0 Å². The Morgan fingerprint density at radius 3 is 2.90 bits per heavy atom. The molecule has 1 amide bonds. The molecule has 6 nitrogen and oxygen atoms in total. The van der Waals surface area contributed by atoms with E-state index in [2.05, 4.69) is 10.3 Å². The summed E-state index contributed by atoms with van der Waals surface area (Å²) in [5, 5.41) is 13.4. The van der Waals surface area contributed by atoms with E-state index in [4.69, 9.17) is 5.11 Å². The molecule has 1 saturated heterocycles. The van der Waals surface area contributed by atoms with Crippen molar-refractivity contribution in [3.05, 3.63) is 40.9 Å². The zero-order valence-corrected chi connectivity index (χ0v) is 16.7. The summed E-state index contributed by atoms with van der Waals surface area (Å²) in [5.74, 6) is -0.520. The van der Waals surface area contributed by atoms with Crippen molar-refractivity contribution in [3.63, 3.8) is 0 Å². The Balaban J connectivity index is 1.53. The second-order valence-electron chi connectivity index (χ2n) is 6.39. The lowest BCUT2D eigenvalue weighted by Gasteiger charge is -2.25. The van der Waals surface area contributed by atoms with Crippen LogP contribution in [0, 0.1) is 0 Å². The Kier molecular flexibility index (Phi) is 6.68. The van der Waals surface area contributed by atoms with Crippen LogP contribution in [0.2, 0.25) is 0 Å². The van der Waals surface area contributed by atoms with Crippen molar-refractivity contribution in [2.75, 3.05) is 24.2 Å². The molecule has 0 bridgehead atoms. The number of nitrogens with one attached hydrogen (secondary N) is 1. The highest BCUT2D eigenvalue weighted by atomic mass is 32.2. The van der Waals surface area contributed by atoms with Crippen molar-refractivity contribution in [1.82, 2.24) is 9.88 Å². The number of carbonyl (C=O) groups is 2. The molecule has 1 atom stereocenters. The van der Waals surface area contributed by atoms with Gasteiger partial charge in [0.05, 0.1) is 5.56 Å². The number of alkyl halides is 3. The lowest BCUT2D eigenvalue weighted by atomic mass is 10.1. The van der Waals surface area contributed by atoms with E-state index in [1.165, 1.54) is 34.5 Å². The number of aromatic carboxylic acids is 1. The second-order valence-corrected chi connectivity index (χ2v) is 8.59. The number of thiazole rings is 1. The Morgan fingerprint density at radius 2 is 2.21 bits per heavy atom. The van der Waals surface area contributed by atoms with Gasteiger partial charge in [-0.05, 0) is 24.6 Å². The number of carboxylic acids is 1. The smallest absolute Gasteiger partial charge is 0.416 e. The molecule has 2 heterocycles. The molecule has 1 fully saturated rings. The van der Waals surface area contributed by atoms with Crippen molar-refractivity contribution in [2.24, 2.45) is 0 Å². The number of nitrogens with zero attached hydrogens (tertiary/aromatic N) is 2. The minimum absolute atomic E-state index is 0.00193. The van der Waals surface area contributed by atoms with E-state index in [0.717, 1.165) is 12.1 Å². The van der Waals surface area contributed by atoms with E-state index < -0.39 is 17.7 Å². The van der Waals surface area contributed by atoms with E-state index in [0.29, 0.717) is 41.7 Å². The molecule has 2 N–H and O–H groups in total. The average molecular weight is 445 g/mol. The van der Waals surface area contributed by atoms with Crippen molar-refractivity contribution in [1.29, 1.82) is 0 Å². The summed E-state index contributed by atoms with van der Waals surface area (Å²) >= 11 is 2.61. The topological polar surface area (TPSA) is 82.5 Å². The van der Waals surface area contributed by atoms with Crippen LogP contribution < -0.4 is 5.32 Å². The molecular formula is C18H18F3N3O3S2. The summed E-state index contributed by atoms with van der Waals surface area (Å²) in [6.45, 7) is 0.818. The number of hydrogen-bond acceptors (Lipinski definition) is 6. The zero-order valence-electron chi connectivity index (χ0n) is 15.1. The van der Waals surface area contributed by atoms with Crippen LogP contribution in [-0.2, 0) is 11.0 Å². The molecule has 0 spiro atoms. The molecule has 1 aromatic carbocycles. The highest BCUT2D eigenvalue weighted by Crippen LogP contribution is 2.31. The van der Waals surface area contributed by atoms with Crippen LogP contribution in [-0.4, -0.2) is 51.8 Å². The van der Waals surface area contributed by atoms with Gasteiger partial charge in [-0.1, -0.05) is 17.8 Å². The minimum atomic E-state index is -4.40. The quantitative estimate of drug-likeness (QED) is 0.597. The molecule has 1 aromatic heterocycles. The summed E-state index contributed by atoms with van der Waals surface area (Å²) in [7, 11) is 0. The maximum atomic E-state index is 12.8. The van der Waals surface area contributed by atoms with Crippen LogP contribution in [0.4, 0.5) is 18.9 Å². The lowest BCUT2D eigenvalue weighted by molar-refractivity contribution is -0.137. The van der Waals surface area contributed by atoms with Gasteiger partial charge in [-0.3, -0.25) is 4.79 Å². The number of anilines is 1. The molecule has 11 heteroatoms. The van der Waals surface area contributed by atoms with Crippen LogP contribution in [0.3, 0.4) is 0 Å². The Morgan fingerprint density at radius 1 is 1.41 bits per heavy atom. The van der Waals surface area contributed by atoms with Gasteiger partial charge in [-0.2, -0.15) is 13.2 Å². The monoisotopic (exact) mass is 445 g/mol. The molecule has 0 radical (unpaired) electrons. The molecular weight excluding hydrogens is 427 g/mol. The number of carboxylic acid groups (broad SMARTS) is 1. The van der Waals surface area contributed by atoms with Gasteiger partial charge in [0.25, 0.3) is 0 Å². The van der Waals surface area contributed by atoms with Crippen molar-refractivity contribution in [2.45, 2.75) is 29.4 Å². The van der Waals surface area contributed by atoms with Gasteiger partial charge in [0.2, 0.25) is 5.91 Å². The average Bonchev–Trinajstić information content (AvgIpc) is 3.27. The minimum Gasteiger partial charge on any atom is -0.476 e. The largest absolute Gasteiger partial charge is 0.476 e. The number of hydrogen-bond donors (Lipinski definition) is 2. The number of benzene rings is 1. The Labute approximate surface area is 173 Å². The first-order valence-corrected chi connectivity index (χ1v) is 10.6. The normalized spacial score (nSPS) is 17.0. The number of rotatable bonds is 8. The first-order valence-electron chi connectivity index (χ1n) is 8.76. The van der Waals surface area contributed by atoms with Gasteiger partial charge >= 0.3 is 12.1 Å². The molecule has 29 heavy (non-hydrogen) atoms. The molecule has 1 aliphatic rings. The maximum Gasteiger partial charge on any atom is 0.416 e. The van der Waals surface area contributed by atoms with Gasteiger partial charge in [-0.25, -0.2) is 9.78 Å². The first-order chi connectivity index (χ1) is 13.7. The van der Waals surface area contributed by atoms with Crippen LogP contribution in [0.5, 0.6) is 0 Å². The first kappa shape index (κ1) is 21.4. The van der Waals surface area contributed by atoms with E-state index in [-0.39, 0.29) is 17.6 Å². The summed E-state index contributed by atoms with van der Waals surface area (Å²) < 4.78 is 39.1. The van der Waals surface area contributed by atoms with Gasteiger partial charge in [0, 0.05) is 42.4 Å². The van der Waals surface area contributed by atoms with Crippen LogP contribution in [0.15, 0.2) is 34.0 Å². The van der Waals surface area contributed by atoms with Crippen molar-refractivity contribution < 1.29 is 27.9 Å². The van der Waals surface area contributed by atoms with Gasteiger partial charge in [0.1, 0.15) is 0 Å². The Hall–Kier alpha value is -2.27. The van der Waals surface area contributed by atoms with Gasteiger partial charge < -0.3 is 15.3 Å². The maximum absolute atomic E-state index is 12.8. The summed E-state index contributed by atoms with van der Waals surface area (Å²) in [4.78, 5) is 28.7. The van der Waals surface area contributed by atoms with E-state index in [1.54, 1.807) is 11.0 Å². The third kappa shape index (κ3) is 5.63. The number of amides is 1. The SMILES string of the molecule is O=C(O)c1csc(SCCN2C(=O)CC[C@@H]2CNc2cccc(C(F)(F)F)c2)n1. The van der Waals surface area contributed by atoms with E-state index in [9.17, 15) is 22.8 Å². The predicted molar refractivity (Wildman–Crippen MR) is 104 cm³/mol. The third-order valence-corrected chi connectivity index (χ3v) is 6.45. The predicted octanol–water partition coefficient (Wildman–Crippen LogP) is 4.06. The van der Waals surface area contributed by atoms with Crippen molar-refractivity contribution >= 4 is 40.7 Å². The van der Waals surface area contributed by atoms with Crippen LogP contribution >= 0.6 is 23.1 Å². The second kappa shape index (κ2) is 9.04. The third-order valence-electron chi connectivity index (χ3n) is 4.44. The zero-order chi connectivity index (χ0) is 21.0. The highest BCUT2D eigenvalue weighted by molar-refractivity contribution is 8.01. The van der Waals surface area contributed by atoms with Gasteiger partial charge in [-0.15, -0.1) is 11.3 Å². The molecule has 0 aliphatic carbocycles. The molecule has 156 valence electrons. The van der Waals surface area contributed by atoms with Crippen LogP contribution in [0.25, 0.3) is 0 Å². The molecule has 3 rings (SSSR count). The Bertz CT molecular complexity index is 888. The standard InChI is InChI=1S/C18H18F3N3O3S2/c19-18(20,21)11-2-1-3-12(8-11)22-9-13-4-5-15(25)24(13)6-7-28-17-23-14(10-29-17)16(26)27/h1-3,8,10,13,22H,4-7,9H2,(H,26,27)/t13-/m1/s1. The fourth-order valence-corrected chi connectivity index (χ4v) is 4.82. The summed E-state index contributed by atoms with van der Waals surface area (Å²) in [6.07, 6.45) is -3.36. The van der Waals surface area contributed by atoms with Crippen LogP contribution in [0.1, 0.15) is 28.9 Å². The molecule has 0 saturated carbocycles. The van der Waals surface area contributed by atoms with E-state index in [1.807, 2.05) is 0 Å².